The lowest BCUT2D eigenvalue weighted by Crippen LogP contribution is -2.49. The molecule has 46 heavy (non-hydrogen) atoms. The molecule has 248 valence electrons. The maximum atomic E-state index is 13.5. The summed E-state index contributed by atoms with van der Waals surface area (Å²) >= 11 is 6.43. The molecule has 3 heterocycles. The normalized spacial score (nSPS) is 32.6. The average Bonchev–Trinajstić information content (AvgIpc) is 3.45. The standard InChI is InChI=1S/C35H43ClN2O7S/c1-42-14-15-44-31-6-2-4-26-19-43-20-33(26)46(40,41)37-34(39)24-8-12-32-30(17-24)38(18-25-7-10-28(25)31)21-35(22-45-32)13-3-5-23-16-27(36)9-11-29(23)35/h2,6,8-9,11-12,16-17,25-26,28,31,33H,3-5,7,10,13-15,18-22H2,1H3,(H,37,39)/b6-2-/t25-,26-,28+,31-,33-,35-/m0/s1. The van der Waals surface area contributed by atoms with E-state index in [1.54, 1.807) is 19.2 Å². The van der Waals surface area contributed by atoms with Crippen LogP contribution >= 0.6 is 11.6 Å². The summed E-state index contributed by atoms with van der Waals surface area (Å²) in [5.74, 6) is 0.466. The number of hydrogen-bond donors (Lipinski definition) is 1. The number of nitrogens with zero attached hydrogens (tertiary/aromatic N) is 1. The van der Waals surface area contributed by atoms with E-state index in [2.05, 4.69) is 27.8 Å². The molecule has 1 spiro atoms. The van der Waals surface area contributed by atoms with E-state index in [1.807, 2.05) is 18.2 Å². The molecule has 2 aromatic rings. The number of methoxy groups -OCH3 is 1. The Morgan fingerprint density at radius 1 is 1.11 bits per heavy atom. The van der Waals surface area contributed by atoms with Crippen LogP contribution in [0.1, 0.15) is 53.6 Å². The van der Waals surface area contributed by atoms with Crippen LogP contribution in [0.15, 0.2) is 48.6 Å². The summed E-state index contributed by atoms with van der Waals surface area (Å²) in [6.07, 6.45) is 9.67. The minimum Gasteiger partial charge on any atom is -0.490 e. The largest absolute Gasteiger partial charge is 0.490 e. The van der Waals surface area contributed by atoms with Gasteiger partial charge in [0.1, 0.15) is 11.0 Å². The Balaban J connectivity index is 1.29. The van der Waals surface area contributed by atoms with E-state index < -0.39 is 21.2 Å². The van der Waals surface area contributed by atoms with Crippen LogP contribution in [0.5, 0.6) is 5.75 Å². The van der Waals surface area contributed by atoms with E-state index in [4.69, 9.17) is 30.5 Å². The van der Waals surface area contributed by atoms with Crippen molar-refractivity contribution >= 4 is 33.2 Å². The Hall–Kier alpha value is -2.63. The van der Waals surface area contributed by atoms with E-state index in [0.29, 0.717) is 57.0 Å². The summed E-state index contributed by atoms with van der Waals surface area (Å²) in [7, 11) is -2.32. The molecular formula is C35H43ClN2O7S. The summed E-state index contributed by atoms with van der Waals surface area (Å²) in [6, 6.07) is 11.5. The van der Waals surface area contributed by atoms with E-state index in [9.17, 15) is 13.2 Å². The van der Waals surface area contributed by atoms with Gasteiger partial charge in [0.15, 0.2) is 0 Å². The maximum Gasteiger partial charge on any atom is 0.264 e. The summed E-state index contributed by atoms with van der Waals surface area (Å²) < 4.78 is 53.3. The molecule has 1 amide bonds. The molecule has 0 unspecified atom stereocenters. The fourth-order valence-corrected chi connectivity index (χ4v) is 9.87. The van der Waals surface area contributed by atoms with Gasteiger partial charge < -0.3 is 23.8 Å². The number of anilines is 1. The maximum absolute atomic E-state index is 13.5. The Labute approximate surface area is 276 Å². The molecule has 2 fully saturated rings. The van der Waals surface area contributed by atoms with Gasteiger partial charge in [0.2, 0.25) is 10.0 Å². The van der Waals surface area contributed by atoms with Gasteiger partial charge in [-0.3, -0.25) is 4.79 Å². The van der Waals surface area contributed by atoms with Crippen molar-refractivity contribution in [3.8, 4) is 5.75 Å². The van der Waals surface area contributed by atoms with Gasteiger partial charge in [-0.25, -0.2) is 13.1 Å². The number of carbonyl (C=O) groups is 1. The Morgan fingerprint density at radius 3 is 2.83 bits per heavy atom. The number of amides is 1. The van der Waals surface area contributed by atoms with Crippen molar-refractivity contribution in [3.05, 3.63) is 70.3 Å². The molecule has 1 saturated carbocycles. The summed E-state index contributed by atoms with van der Waals surface area (Å²) in [5.41, 5.74) is 3.38. The number of allylic oxidation sites excluding steroid dienone is 1. The van der Waals surface area contributed by atoms with Gasteiger partial charge in [0.05, 0.1) is 44.8 Å². The smallest absolute Gasteiger partial charge is 0.264 e. The lowest BCUT2D eigenvalue weighted by atomic mass is 9.68. The van der Waals surface area contributed by atoms with E-state index in [0.717, 1.165) is 49.4 Å². The van der Waals surface area contributed by atoms with Crippen LogP contribution in [-0.4, -0.2) is 78.9 Å². The third-order valence-corrected chi connectivity index (χ3v) is 12.8. The highest BCUT2D eigenvalue weighted by Crippen LogP contribution is 2.47. The van der Waals surface area contributed by atoms with Gasteiger partial charge in [-0.2, -0.15) is 0 Å². The van der Waals surface area contributed by atoms with Gasteiger partial charge in [-0.15, -0.1) is 0 Å². The summed E-state index contributed by atoms with van der Waals surface area (Å²) in [5, 5.41) is -0.0803. The van der Waals surface area contributed by atoms with Crippen LogP contribution in [0.25, 0.3) is 0 Å². The molecule has 6 atom stereocenters. The van der Waals surface area contributed by atoms with Crippen molar-refractivity contribution in [1.29, 1.82) is 0 Å². The van der Waals surface area contributed by atoms with Crippen molar-refractivity contribution in [1.82, 2.24) is 4.72 Å². The van der Waals surface area contributed by atoms with Crippen molar-refractivity contribution in [3.63, 3.8) is 0 Å². The average molecular weight is 671 g/mol. The van der Waals surface area contributed by atoms with Gasteiger partial charge in [0, 0.05) is 42.1 Å². The molecule has 0 aromatic heterocycles. The predicted molar refractivity (Wildman–Crippen MR) is 176 cm³/mol. The number of sulfonamides is 1. The first kappa shape index (κ1) is 31.9. The number of nitrogens with one attached hydrogen (secondary N) is 1. The fourth-order valence-electron chi connectivity index (χ4n) is 8.17. The highest BCUT2D eigenvalue weighted by atomic mass is 35.5. The van der Waals surface area contributed by atoms with Crippen LogP contribution in [0.4, 0.5) is 5.69 Å². The van der Waals surface area contributed by atoms with Crippen molar-refractivity contribution in [2.24, 2.45) is 17.8 Å². The third-order valence-electron chi connectivity index (χ3n) is 10.8. The van der Waals surface area contributed by atoms with E-state index >= 15 is 0 Å². The number of hydrogen-bond acceptors (Lipinski definition) is 8. The molecular weight excluding hydrogens is 628 g/mol. The topological polar surface area (TPSA) is 103 Å². The Bertz CT molecular complexity index is 1600. The lowest BCUT2D eigenvalue weighted by Gasteiger charge is -2.46. The molecule has 0 radical (unpaired) electrons. The zero-order chi connectivity index (χ0) is 31.9. The second kappa shape index (κ2) is 13.1. The molecule has 2 aromatic carbocycles. The first-order valence-electron chi connectivity index (χ1n) is 16.5. The Morgan fingerprint density at radius 2 is 2.00 bits per heavy atom. The van der Waals surface area contributed by atoms with Gasteiger partial charge in [0.25, 0.3) is 5.91 Å². The number of halogens is 1. The zero-order valence-corrected chi connectivity index (χ0v) is 27.9. The zero-order valence-electron chi connectivity index (χ0n) is 26.3. The van der Waals surface area contributed by atoms with E-state index in [-0.39, 0.29) is 29.6 Å². The fraction of sp³-hybridized carbons (Fsp3) is 0.571. The molecule has 11 heteroatoms. The lowest BCUT2D eigenvalue weighted by molar-refractivity contribution is -0.0310. The monoisotopic (exact) mass is 670 g/mol. The van der Waals surface area contributed by atoms with Gasteiger partial charge >= 0.3 is 0 Å². The Kier molecular flexibility index (Phi) is 9.10. The second-order valence-electron chi connectivity index (χ2n) is 13.6. The van der Waals surface area contributed by atoms with Crippen molar-refractivity contribution in [2.75, 3.05) is 58.1 Å². The minimum absolute atomic E-state index is 0.0557. The van der Waals surface area contributed by atoms with Crippen LogP contribution in [0, 0.1) is 17.8 Å². The molecule has 5 aliphatic rings. The number of fused-ring (bicyclic) bond motifs is 5. The molecule has 3 aliphatic heterocycles. The highest BCUT2D eigenvalue weighted by Gasteiger charge is 2.45. The second-order valence-corrected chi connectivity index (χ2v) is 15.9. The molecule has 1 saturated heterocycles. The van der Waals surface area contributed by atoms with Crippen molar-refractivity contribution < 1.29 is 32.2 Å². The molecule has 2 aliphatic carbocycles. The molecule has 2 bridgehead atoms. The highest BCUT2D eigenvalue weighted by molar-refractivity contribution is 7.90. The van der Waals surface area contributed by atoms with E-state index in [1.165, 1.54) is 11.1 Å². The van der Waals surface area contributed by atoms with Crippen LogP contribution in [0.2, 0.25) is 5.02 Å². The van der Waals surface area contributed by atoms with Gasteiger partial charge in [-0.05, 0) is 91.8 Å². The van der Waals surface area contributed by atoms with Crippen LogP contribution in [-0.2, 0) is 36.1 Å². The summed E-state index contributed by atoms with van der Waals surface area (Å²) in [6.45, 7) is 3.36. The minimum atomic E-state index is -3.99. The first-order chi connectivity index (χ1) is 22.3. The number of aryl methyl sites for hydroxylation is 1. The summed E-state index contributed by atoms with van der Waals surface area (Å²) in [4.78, 5) is 15.9. The molecule has 1 N–H and O–H groups in total. The third kappa shape index (κ3) is 6.19. The number of rotatable bonds is 4. The van der Waals surface area contributed by atoms with Crippen molar-refractivity contribution in [2.45, 2.75) is 55.3 Å². The predicted octanol–water partition coefficient (Wildman–Crippen LogP) is 4.91. The number of carbonyl (C=O) groups excluding carboxylic acids is 1. The number of ether oxygens (including phenoxy) is 4. The van der Waals surface area contributed by atoms with Crippen LogP contribution < -0.4 is 14.4 Å². The quantitative estimate of drug-likeness (QED) is 0.362. The molecule has 9 nitrogen and oxygen atoms in total. The van der Waals surface area contributed by atoms with Crippen LogP contribution in [0.3, 0.4) is 0 Å². The molecule has 7 rings (SSSR count). The number of benzene rings is 2. The first-order valence-corrected chi connectivity index (χ1v) is 18.4. The van der Waals surface area contributed by atoms with Gasteiger partial charge in [-0.1, -0.05) is 29.8 Å². The SMILES string of the molecule is COCCO[C@H]1/C=C\C[C@H]2COC[C@@H]2S(=O)(=O)NC(=O)c2ccc3c(c2)N(C[C@@H]2CC[C@H]21)C[C@@]1(CCCc2cc(Cl)ccc21)CO3.